The largest absolute Gasteiger partial charge is 0.393 e. The van der Waals surface area contributed by atoms with Crippen molar-refractivity contribution < 1.29 is 5.11 Å². The highest BCUT2D eigenvalue weighted by Gasteiger charge is 2.65. The third-order valence-corrected chi connectivity index (χ3v) is 12.0. The Morgan fingerprint density at radius 1 is 0.897 bits per heavy atom. The predicted molar refractivity (Wildman–Crippen MR) is 124 cm³/mol. The van der Waals surface area contributed by atoms with Crippen molar-refractivity contribution in [2.24, 2.45) is 46.3 Å². The van der Waals surface area contributed by atoms with E-state index in [4.69, 9.17) is 11.6 Å². The summed E-state index contributed by atoms with van der Waals surface area (Å²) in [5.41, 5.74) is 0.800. The van der Waals surface area contributed by atoms with Gasteiger partial charge >= 0.3 is 0 Å². The normalized spacial score (nSPS) is 50.7. The van der Waals surface area contributed by atoms with Crippen LogP contribution in [-0.2, 0) is 0 Å². The third-order valence-electron chi connectivity index (χ3n) is 11.0. The molecule has 0 saturated heterocycles. The molecule has 0 aromatic carbocycles. The molecule has 4 rings (SSSR count). The number of hydrogen-bond acceptors (Lipinski definition) is 1. The number of fused-ring (bicyclic) bond motifs is 5. The first-order chi connectivity index (χ1) is 13.6. The van der Waals surface area contributed by atoms with Gasteiger partial charge in [0.2, 0.25) is 0 Å². The fraction of sp³-hybridized carbons (Fsp3) is 1.00. The van der Waals surface area contributed by atoms with E-state index in [1.165, 1.54) is 64.2 Å². The fourth-order valence-corrected chi connectivity index (χ4v) is 9.58. The predicted octanol–water partition coefficient (Wildman–Crippen LogP) is 7.83. The summed E-state index contributed by atoms with van der Waals surface area (Å²) in [5, 5.41) is 10.3. The van der Waals surface area contributed by atoms with Crippen LogP contribution in [-0.4, -0.2) is 16.1 Å². The molecule has 0 aromatic heterocycles. The average molecular weight is 423 g/mol. The van der Waals surface area contributed by atoms with Gasteiger partial charge in [0.15, 0.2) is 0 Å². The summed E-state index contributed by atoms with van der Waals surface area (Å²) in [6.45, 7) is 12.3. The summed E-state index contributed by atoms with van der Waals surface area (Å²) >= 11 is 7.64. The van der Waals surface area contributed by atoms with Gasteiger partial charge in [-0.3, -0.25) is 0 Å². The summed E-state index contributed by atoms with van der Waals surface area (Å²) in [4.78, 5) is 0.0140. The van der Waals surface area contributed by atoms with Gasteiger partial charge in [-0.05, 0) is 111 Å². The Kier molecular flexibility index (Phi) is 6.18. The molecule has 29 heavy (non-hydrogen) atoms. The molecule has 0 bridgehead atoms. The first-order valence-electron chi connectivity index (χ1n) is 13.0. The molecule has 4 aliphatic rings. The summed E-state index contributed by atoms with van der Waals surface area (Å²) in [6, 6.07) is 0. The maximum atomic E-state index is 10.3. The molecule has 0 aliphatic heterocycles. The van der Waals surface area contributed by atoms with Gasteiger partial charge in [-0.25, -0.2) is 0 Å². The summed E-state index contributed by atoms with van der Waals surface area (Å²) in [6.07, 6.45) is 15.3. The molecule has 2 unspecified atom stereocenters. The summed E-state index contributed by atoms with van der Waals surface area (Å²) < 4.78 is 0. The van der Waals surface area contributed by atoms with Crippen molar-refractivity contribution in [3.05, 3.63) is 0 Å². The first kappa shape index (κ1) is 22.4. The van der Waals surface area contributed by atoms with Crippen molar-refractivity contribution in [1.82, 2.24) is 0 Å². The van der Waals surface area contributed by atoms with Gasteiger partial charge in [0, 0.05) is 0 Å². The molecule has 0 amide bonds. The minimum absolute atomic E-state index is 0.0140. The molecule has 0 radical (unpaired) electrons. The number of hydrogen-bond donors (Lipinski definition) is 1. The van der Waals surface area contributed by atoms with Gasteiger partial charge in [0.1, 0.15) is 0 Å². The van der Waals surface area contributed by atoms with Gasteiger partial charge in [-0.2, -0.15) is 0 Å². The van der Waals surface area contributed by atoms with Gasteiger partial charge in [0.25, 0.3) is 0 Å². The average Bonchev–Trinajstić information content (AvgIpc) is 2.94. The van der Waals surface area contributed by atoms with Crippen molar-refractivity contribution in [2.75, 3.05) is 0 Å². The Labute approximate surface area is 185 Å². The molecule has 1 N–H and O–H groups in total. The molecule has 1 nitrogen and oxygen atoms in total. The zero-order chi connectivity index (χ0) is 21.0. The van der Waals surface area contributed by atoms with Crippen LogP contribution in [0.15, 0.2) is 0 Å². The standard InChI is InChI=1S/C27H47ClO/c1-18(2)7-6-8-19(3)27(28)16-13-24-22-10-9-20-17-21(29)11-14-25(20,4)23(22)12-15-26(24,27)5/h18-24,29H,6-17H2,1-5H3/t19-,20?,21?,22-,23+,24+,25+,26+,27+/m1/s1. The molecule has 9 atom stereocenters. The quantitative estimate of drug-likeness (QED) is 0.447. The monoisotopic (exact) mass is 422 g/mol. The zero-order valence-corrected chi connectivity index (χ0v) is 20.6. The Morgan fingerprint density at radius 2 is 1.62 bits per heavy atom. The number of aliphatic hydroxyl groups excluding tert-OH is 1. The van der Waals surface area contributed by atoms with Crippen molar-refractivity contribution in [1.29, 1.82) is 0 Å². The second-order valence-electron chi connectivity index (χ2n) is 12.7. The van der Waals surface area contributed by atoms with E-state index in [1.807, 2.05) is 0 Å². The van der Waals surface area contributed by atoms with E-state index in [-0.39, 0.29) is 11.0 Å². The highest BCUT2D eigenvalue weighted by Crippen LogP contribution is 2.71. The van der Waals surface area contributed by atoms with E-state index in [1.54, 1.807) is 0 Å². The smallest absolute Gasteiger partial charge is 0.0543 e. The Bertz CT molecular complexity index is 589. The second kappa shape index (κ2) is 7.99. The zero-order valence-electron chi connectivity index (χ0n) is 19.9. The topological polar surface area (TPSA) is 20.2 Å². The Morgan fingerprint density at radius 3 is 2.34 bits per heavy atom. The minimum Gasteiger partial charge on any atom is -0.393 e. The van der Waals surface area contributed by atoms with Gasteiger partial charge in [-0.15, -0.1) is 11.6 Å². The van der Waals surface area contributed by atoms with Crippen LogP contribution in [0.5, 0.6) is 0 Å². The highest BCUT2D eigenvalue weighted by molar-refractivity contribution is 6.25. The van der Waals surface area contributed by atoms with Crippen molar-refractivity contribution in [3.63, 3.8) is 0 Å². The van der Waals surface area contributed by atoms with Crippen molar-refractivity contribution in [2.45, 2.75) is 123 Å². The molecular weight excluding hydrogens is 376 g/mol. The van der Waals surface area contributed by atoms with Gasteiger partial charge in [-0.1, -0.05) is 47.5 Å². The van der Waals surface area contributed by atoms with E-state index in [0.717, 1.165) is 42.4 Å². The fourth-order valence-electron chi connectivity index (χ4n) is 9.13. The molecule has 168 valence electrons. The lowest BCUT2D eigenvalue weighted by Gasteiger charge is -2.62. The lowest BCUT2D eigenvalue weighted by Crippen LogP contribution is -2.56. The van der Waals surface area contributed by atoms with Crippen molar-refractivity contribution in [3.8, 4) is 0 Å². The number of aliphatic hydroxyl groups is 1. The second-order valence-corrected chi connectivity index (χ2v) is 13.3. The van der Waals surface area contributed by atoms with Crippen LogP contribution >= 0.6 is 11.6 Å². The molecule has 4 saturated carbocycles. The summed E-state index contributed by atoms with van der Waals surface area (Å²) in [5.74, 6) is 4.78. The molecule has 0 spiro atoms. The molecule has 2 heteroatoms. The minimum atomic E-state index is -0.0351. The van der Waals surface area contributed by atoms with Crippen LogP contribution in [0.25, 0.3) is 0 Å². The number of alkyl halides is 1. The van der Waals surface area contributed by atoms with Crippen LogP contribution < -0.4 is 0 Å². The van der Waals surface area contributed by atoms with Crippen LogP contribution in [0.3, 0.4) is 0 Å². The lowest BCUT2D eigenvalue weighted by atomic mass is 9.44. The SMILES string of the molecule is CC(C)CCC[C@@H](C)[C@@]1(Cl)CC[C@H]2[C@@H]3CCC4CC(O)CC[C@]4(C)[C@H]3CC[C@@]21C. The molecule has 0 heterocycles. The van der Waals surface area contributed by atoms with Gasteiger partial charge < -0.3 is 5.11 Å². The summed E-state index contributed by atoms with van der Waals surface area (Å²) in [7, 11) is 0. The number of rotatable bonds is 5. The lowest BCUT2D eigenvalue weighted by molar-refractivity contribution is -0.126. The van der Waals surface area contributed by atoms with Crippen LogP contribution in [0.2, 0.25) is 0 Å². The van der Waals surface area contributed by atoms with E-state index in [2.05, 4.69) is 34.6 Å². The maximum absolute atomic E-state index is 10.3. The van der Waals surface area contributed by atoms with E-state index < -0.39 is 0 Å². The molecule has 0 aromatic rings. The van der Waals surface area contributed by atoms with Crippen LogP contribution in [0.4, 0.5) is 0 Å². The molecule has 4 aliphatic carbocycles. The van der Waals surface area contributed by atoms with Gasteiger partial charge in [0.05, 0.1) is 11.0 Å². The third kappa shape index (κ3) is 3.53. The Balaban J connectivity index is 1.51. The van der Waals surface area contributed by atoms with E-state index in [9.17, 15) is 5.11 Å². The maximum Gasteiger partial charge on any atom is 0.0543 e. The molecular formula is C27H47ClO. The van der Waals surface area contributed by atoms with Crippen molar-refractivity contribution >= 4 is 11.6 Å². The molecule has 4 fully saturated rings. The van der Waals surface area contributed by atoms with E-state index >= 15 is 0 Å². The Hall–Kier alpha value is 0.250. The van der Waals surface area contributed by atoms with Crippen LogP contribution in [0.1, 0.15) is 112 Å². The first-order valence-corrected chi connectivity index (χ1v) is 13.4. The highest BCUT2D eigenvalue weighted by atomic mass is 35.5. The number of halogens is 1. The van der Waals surface area contributed by atoms with E-state index in [0.29, 0.717) is 16.7 Å². The van der Waals surface area contributed by atoms with Crippen LogP contribution in [0, 0.1) is 46.3 Å².